The summed E-state index contributed by atoms with van der Waals surface area (Å²) in [6.45, 7) is 10.7. The molecule has 0 aliphatic carbocycles. The number of hydrogen-bond acceptors (Lipinski definition) is 3. The number of benzene rings is 3. The van der Waals surface area contributed by atoms with Gasteiger partial charge < -0.3 is 15.5 Å². The van der Waals surface area contributed by atoms with Crippen molar-refractivity contribution in [2.24, 2.45) is 0 Å². The molecule has 1 aliphatic heterocycles. The van der Waals surface area contributed by atoms with Gasteiger partial charge in [-0.3, -0.25) is 4.90 Å². The lowest BCUT2D eigenvalue weighted by Crippen LogP contribution is -2.46. The Kier molecular flexibility index (Phi) is 8.21. The summed E-state index contributed by atoms with van der Waals surface area (Å²) in [5.74, 6) is 0. The molecule has 1 heterocycles. The van der Waals surface area contributed by atoms with Crippen LogP contribution in [0.25, 0.3) is 0 Å². The van der Waals surface area contributed by atoms with Gasteiger partial charge in [0.2, 0.25) is 0 Å². The third kappa shape index (κ3) is 6.39. The van der Waals surface area contributed by atoms with Gasteiger partial charge in [0.05, 0.1) is 11.4 Å². The SMILES string of the molecule is [CH]c1ccc(CN(CCN2CCCC2)C(=O)N(CCc2ccccc2)c2ccccc2N)cc1. The van der Waals surface area contributed by atoms with Crippen LogP contribution in [0.2, 0.25) is 0 Å². The number of likely N-dealkylation sites (tertiary alicyclic amines) is 1. The van der Waals surface area contributed by atoms with E-state index >= 15 is 0 Å². The van der Waals surface area contributed by atoms with E-state index in [9.17, 15) is 4.79 Å². The Balaban J connectivity index is 1.58. The van der Waals surface area contributed by atoms with Crippen LogP contribution in [0.3, 0.4) is 0 Å². The third-order valence-corrected chi connectivity index (χ3v) is 6.43. The minimum absolute atomic E-state index is 0.0233. The van der Waals surface area contributed by atoms with Gasteiger partial charge in [0, 0.05) is 26.2 Å². The first-order valence-electron chi connectivity index (χ1n) is 12.1. The van der Waals surface area contributed by atoms with E-state index < -0.39 is 0 Å². The molecule has 3 aromatic rings. The van der Waals surface area contributed by atoms with Gasteiger partial charge in [-0.05, 0) is 68.1 Å². The molecule has 1 saturated heterocycles. The van der Waals surface area contributed by atoms with Crippen LogP contribution in [0.5, 0.6) is 0 Å². The van der Waals surface area contributed by atoms with Crippen LogP contribution in [0.1, 0.15) is 29.5 Å². The Bertz CT molecular complexity index is 1050. The molecule has 1 fully saturated rings. The van der Waals surface area contributed by atoms with Crippen LogP contribution in [-0.4, -0.2) is 48.6 Å². The Labute approximate surface area is 203 Å². The number of hydrogen-bond donors (Lipinski definition) is 1. The number of anilines is 2. The number of para-hydroxylation sites is 2. The molecule has 5 nitrogen and oxygen atoms in total. The van der Waals surface area contributed by atoms with Crippen molar-refractivity contribution in [2.45, 2.75) is 25.8 Å². The van der Waals surface area contributed by atoms with Crippen LogP contribution in [0.15, 0.2) is 78.9 Å². The Morgan fingerprint density at radius 2 is 1.53 bits per heavy atom. The lowest BCUT2D eigenvalue weighted by atomic mass is 10.1. The normalized spacial score (nSPS) is 13.7. The van der Waals surface area contributed by atoms with E-state index in [4.69, 9.17) is 12.7 Å². The van der Waals surface area contributed by atoms with Gasteiger partial charge in [0.1, 0.15) is 0 Å². The lowest BCUT2D eigenvalue weighted by Gasteiger charge is -2.33. The number of urea groups is 1. The van der Waals surface area contributed by atoms with Crippen molar-refractivity contribution in [2.75, 3.05) is 43.4 Å². The molecule has 0 unspecified atom stereocenters. The highest BCUT2D eigenvalue weighted by atomic mass is 16.2. The average molecular weight is 455 g/mol. The first-order valence-corrected chi connectivity index (χ1v) is 12.1. The summed E-state index contributed by atoms with van der Waals surface area (Å²) in [4.78, 5) is 20.3. The molecule has 0 bridgehead atoms. The summed E-state index contributed by atoms with van der Waals surface area (Å²) in [5.41, 5.74) is 10.7. The second-order valence-corrected chi connectivity index (χ2v) is 8.94. The number of amides is 2. The van der Waals surface area contributed by atoms with Crippen molar-refractivity contribution < 1.29 is 4.79 Å². The highest BCUT2D eigenvalue weighted by Gasteiger charge is 2.25. The molecule has 34 heavy (non-hydrogen) atoms. The number of nitrogen functional groups attached to an aromatic ring is 1. The monoisotopic (exact) mass is 454 g/mol. The topological polar surface area (TPSA) is 52.8 Å². The quantitative estimate of drug-likeness (QED) is 0.458. The van der Waals surface area contributed by atoms with Crippen molar-refractivity contribution in [1.82, 2.24) is 9.80 Å². The molecule has 5 heteroatoms. The van der Waals surface area contributed by atoms with Crippen molar-refractivity contribution in [3.63, 3.8) is 0 Å². The highest BCUT2D eigenvalue weighted by molar-refractivity contribution is 5.95. The highest BCUT2D eigenvalue weighted by Crippen LogP contribution is 2.25. The molecule has 2 amide bonds. The average Bonchev–Trinajstić information content (AvgIpc) is 3.38. The predicted octanol–water partition coefficient (Wildman–Crippen LogP) is 5.10. The van der Waals surface area contributed by atoms with E-state index in [-0.39, 0.29) is 6.03 Å². The largest absolute Gasteiger partial charge is 0.397 e. The zero-order valence-electron chi connectivity index (χ0n) is 19.8. The zero-order valence-corrected chi connectivity index (χ0v) is 19.8. The second-order valence-electron chi connectivity index (χ2n) is 8.94. The Morgan fingerprint density at radius 1 is 0.853 bits per heavy atom. The summed E-state index contributed by atoms with van der Waals surface area (Å²) in [7, 11) is 0. The van der Waals surface area contributed by atoms with E-state index in [1.165, 1.54) is 18.4 Å². The minimum Gasteiger partial charge on any atom is -0.397 e. The van der Waals surface area contributed by atoms with Crippen molar-refractivity contribution in [3.8, 4) is 0 Å². The summed E-state index contributed by atoms with van der Waals surface area (Å²) in [6, 6.07) is 25.6. The molecular weight excluding hydrogens is 420 g/mol. The maximum atomic E-state index is 14.0. The third-order valence-electron chi connectivity index (χ3n) is 6.43. The van der Waals surface area contributed by atoms with E-state index in [1.54, 1.807) is 0 Å². The van der Waals surface area contributed by atoms with Gasteiger partial charge in [-0.2, -0.15) is 0 Å². The predicted molar refractivity (Wildman–Crippen MR) is 140 cm³/mol. The molecule has 0 spiro atoms. The van der Waals surface area contributed by atoms with Crippen LogP contribution < -0.4 is 10.6 Å². The molecule has 4 rings (SSSR count). The van der Waals surface area contributed by atoms with Crippen molar-refractivity contribution >= 4 is 17.4 Å². The van der Waals surface area contributed by atoms with Crippen molar-refractivity contribution in [3.05, 3.63) is 102 Å². The first-order chi connectivity index (χ1) is 16.6. The van der Waals surface area contributed by atoms with Gasteiger partial charge in [0.15, 0.2) is 0 Å². The first kappa shape index (κ1) is 23.8. The Morgan fingerprint density at radius 3 is 2.24 bits per heavy atom. The number of carbonyl (C=O) groups excluding carboxylic acids is 1. The fourth-order valence-corrected chi connectivity index (χ4v) is 4.46. The zero-order chi connectivity index (χ0) is 23.8. The molecule has 2 N–H and O–H groups in total. The summed E-state index contributed by atoms with van der Waals surface area (Å²) >= 11 is 0. The van der Waals surface area contributed by atoms with E-state index in [0.29, 0.717) is 25.3 Å². The Hall–Kier alpha value is -3.31. The lowest BCUT2D eigenvalue weighted by molar-refractivity contribution is 0.191. The second kappa shape index (κ2) is 11.7. The van der Waals surface area contributed by atoms with Crippen LogP contribution in [0.4, 0.5) is 16.2 Å². The number of nitrogens with zero attached hydrogens (tertiary/aromatic N) is 3. The molecule has 3 aromatic carbocycles. The number of carbonyl (C=O) groups is 1. The molecule has 0 saturated carbocycles. The minimum atomic E-state index is -0.0233. The number of nitrogens with two attached hydrogens (primary N) is 1. The van der Waals surface area contributed by atoms with Crippen LogP contribution in [0, 0.1) is 6.92 Å². The van der Waals surface area contributed by atoms with E-state index in [1.807, 2.05) is 76.5 Å². The summed E-state index contributed by atoms with van der Waals surface area (Å²) in [6.07, 6.45) is 3.22. The summed E-state index contributed by atoms with van der Waals surface area (Å²) in [5, 5.41) is 0. The fourth-order valence-electron chi connectivity index (χ4n) is 4.46. The smallest absolute Gasteiger partial charge is 0.324 e. The van der Waals surface area contributed by atoms with Gasteiger partial charge in [-0.15, -0.1) is 0 Å². The van der Waals surface area contributed by atoms with Gasteiger partial charge in [-0.1, -0.05) is 66.7 Å². The van der Waals surface area contributed by atoms with Gasteiger partial charge >= 0.3 is 6.03 Å². The molecule has 176 valence electrons. The molecule has 1 aliphatic rings. The van der Waals surface area contributed by atoms with Crippen LogP contribution >= 0.6 is 0 Å². The summed E-state index contributed by atoms with van der Waals surface area (Å²) < 4.78 is 0. The van der Waals surface area contributed by atoms with Gasteiger partial charge in [-0.25, -0.2) is 4.79 Å². The van der Waals surface area contributed by atoms with Crippen LogP contribution in [-0.2, 0) is 13.0 Å². The van der Waals surface area contributed by atoms with Gasteiger partial charge in [0.25, 0.3) is 0 Å². The maximum absolute atomic E-state index is 14.0. The van der Waals surface area contributed by atoms with E-state index in [0.717, 1.165) is 42.9 Å². The molecular formula is C29H34N4O. The molecule has 0 aromatic heterocycles. The fraction of sp³-hybridized carbons (Fsp3) is 0.310. The number of rotatable bonds is 9. The van der Waals surface area contributed by atoms with Crippen molar-refractivity contribution in [1.29, 1.82) is 0 Å². The molecule has 2 radical (unpaired) electrons. The maximum Gasteiger partial charge on any atom is 0.324 e. The standard InChI is InChI=1S/C29H34N4O/c1-24-13-15-26(16-14-24)23-32(22-21-31-18-7-8-19-31)29(34)33(28-12-6-5-11-27(28)30)20-17-25-9-3-2-4-10-25/h1-6,9-16H,7-8,17-23,30H2. The van der Waals surface area contributed by atoms with E-state index in [2.05, 4.69) is 17.0 Å². The molecule has 0 atom stereocenters.